The zero-order chi connectivity index (χ0) is 18.9. The maximum Gasteiger partial charge on any atom is 0.416 e. The Hall–Kier alpha value is -1.87. The number of carbonyl (C=O) groups excluding carboxylic acids is 1. The second-order valence-electron chi connectivity index (χ2n) is 6.15. The topological polar surface area (TPSA) is 54.5 Å². The quantitative estimate of drug-likeness (QED) is 0.784. The third kappa shape index (κ3) is 4.27. The molecule has 0 bridgehead atoms. The monoisotopic (exact) mass is 403 g/mol. The smallest absolute Gasteiger partial charge is 0.329 e. The molecule has 26 heavy (non-hydrogen) atoms. The third-order valence-corrected chi connectivity index (χ3v) is 6.86. The molecule has 1 aliphatic heterocycles. The summed E-state index contributed by atoms with van der Waals surface area (Å²) in [7, 11) is -3.24. The number of thiophene rings is 1. The van der Waals surface area contributed by atoms with Crippen LogP contribution < -0.4 is 0 Å². The average Bonchev–Trinajstić information content (AvgIpc) is 3.20. The molecule has 9 heteroatoms. The highest BCUT2D eigenvalue weighted by Gasteiger charge is 2.36. The molecule has 0 N–H and O–H groups in total. The Morgan fingerprint density at radius 1 is 1.23 bits per heavy atom. The molecule has 2 aromatic rings. The normalized spacial score (nSPS) is 19.4. The van der Waals surface area contributed by atoms with E-state index in [1.165, 1.54) is 28.4 Å². The Bertz CT molecular complexity index is 892. The van der Waals surface area contributed by atoms with E-state index >= 15 is 0 Å². The molecule has 0 radical (unpaired) electrons. The molecular formula is C17H16F3NO3S2. The van der Waals surface area contributed by atoms with Crippen molar-refractivity contribution in [1.29, 1.82) is 0 Å². The van der Waals surface area contributed by atoms with Gasteiger partial charge >= 0.3 is 6.18 Å². The van der Waals surface area contributed by atoms with Crippen LogP contribution >= 0.6 is 11.3 Å². The molecule has 1 aliphatic rings. The zero-order valence-electron chi connectivity index (χ0n) is 13.6. The van der Waals surface area contributed by atoms with Crippen molar-refractivity contribution in [2.45, 2.75) is 25.2 Å². The highest BCUT2D eigenvalue weighted by molar-refractivity contribution is 7.91. The standard InChI is InChI=1S/C17H16F3NO3S2/c18-17(19,20)13-4-1-3-12(9-13)16(22)21(10-15-5-2-7-25-15)14-6-8-26(23,24)11-14/h1-5,7,9,14H,6,8,10-11H2/t14-/m0/s1. The number of alkyl halides is 3. The highest BCUT2D eigenvalue weighted by Crippen LogP contribution is 2.30. The number of hydrogen-bond acceptors (Lipinski definition) is 4. The maximum absolute atomic E-state index is 12.9. The molecule has 1 saturated heterocycles. The van der Waals surface area contributed by atoms with Crippen molar-refractivity contribution in [3.05, 3.63) is 57.8 Å². The summed E-state index contributed by atoms with van der Waals surface area (Å²) in [5.74, 6) is -0.774. The number of rotatable bonds is 4. The highest BCUT2D eigenvalue weighted by atomic mass is 32.2. The summed E-state index contributed by atoms with van der Waals surface area (Å²) in [6.45, 7) is 0.174. The van der Waals surface area contributed by atoms with Crippen molar-refractivity contribution in [3.63, 3.8) is 0 Å². The summed E-state index contributed by atoms with van der Waals surface area (Å²) < 4.78 is 62.4. The fraction of sp³-hybridized carbons (Fsp3) is 0.353. The molecule has 1 aromatic heterocycles. The van der Waals surface area contributed by atoms with Crippen LogP contribution in [0.3, 0.4) is 0 Å². The minimum atomic E-state index is -4.55. The van der Waals surface area contributed by atoms with Crippen LogP contribution in [0.4, 0.5) is 13.2 Å². The Morgan fingerprint density at radius 2 is 2.00 bits per heavy atom. The van der Waals surface area contributed by atoms with Crippen LogP contribution in [0, 0.1) is 0 Å². The van der Waals surface area contributed by atoms with Crippen LogP contribution in [0.15, 0.2) is 41.8 Å². The average molecular weight is 403 g/mol. The predicted octanol–water partition coefficient (Wildman–Crippen LogP) is 3.60. The molecule has 1 amide bonds. The SMILES string of the molecule is O=C(c1cccc(C(F)(F)F)c1)N(Cc1cccs1)[C@H]1CCS(=O)(=O)C1. The second kappa shape index (κ2) is 7.03. The molecule has 2 heterocycles. The van der Waals surface area contributed by atoms with Gasteiger partial charge < -0.3 is 4.90 Å². The lowest BCUT2D eigenvalue weighted by Gasteiger charge is -2.28. The van der Waals surface area contributed by atoms with Gasteiger partial charge in [-0.3, -0.25) is 4.79 Å². The number of carbonyl (C=O) groups is 1. The van der Waals surface area contributed by atoms with Crippen LogP contribution in [0.2, 0.25) is 0 Å². The Kier molecular flexibility index (Phi) is 5.12. The number of halogens is 3. The van der Waals surface area contributed by atoms with E-state index in [2.05, 4.69) is 0 Å². The summed E-state index contributed by atoms with van der Waals surface area (Å²) in [6.07, 6.45) is -4.26. The molecule has 1 fully saturated rings. The van der Waals surface area contributed by atoms with Gasteiger partial charge in [-0.05, 0) is 36.1 Å². The zero-order valence-corrected chi connectivity index (χ0v) is 15.2. The molecule has 1 aromatic carbocycles. The van der Waals surface area contributed by atoms with Crippen LogP contribution in [0.25, 0.3) is 0 Å². The van der Waals surface area contributed by atoms with E-state index in [1.54, 1.807) is 12.1 Å². The van der Waals surface area contributed by atoms with E-state index in [1.807, 2.05) is 5.38 Å². The molecule has 0 unspecified atom stereocenters. The molecule has 0 spiro atoms. The van der Waals surface area contributed by atoms with Crippen molar-refractivity contribution in [2.75, 3.05) is 11.5 Å². The van der Waals surface area contributed by atoms with Crippen molar-refractivity contribution in [1.82, 2.24) is 4.90 Å². The Balaban J connectivity index is 1.92. The van der Waals surface area contributed by atoms with E-state index in [9.17, 15) is 26.4 Å². The van der Waals surface area contributed by atoms with Gasteiger partial charge in [-0.25, -0.2) is 8.42 Å². The second-order valence-corrected chi connectivity index (χ2v) is 9.41. The molecule has 4 nitrogen and oxygen atoms in total. The van der Waals surface area contributed by atoms with Crippen LogP contribution in [0.1, 0.15) is 27.2 Å². The van der Waals surface area contributed by atoms with E-state index in [0.29, 0.717) is 6.42 Å². The van der Waals surface area contributed by atoms with E-state index in [-0.39, 0.29) is 23.6 Å². The van der Waals surface area contributed by atoms with Crippen LogP contribution in [0.5, 0.6) is 0 Å². The maximum atomic E-state index is 12.9. The fourth-order valence-electron chi connectivity index (χ4n) is 2.95. The van der Waals surface area contributed by atoms with Gasteiger partial charge in [0, 0.05) is 16.5 Å². The van der Waals surface area contributed by atoms with Gasteiger partial charge in [0.15, 0.2) is 9.84 Å². The number of amides is 1. The van der Waals surface area contributed by atoms with Gasteiger partial charge in [-0.2, -0.15) is 13.2 Å². The van der Waals surface area contributed by atoms with E-state index in [0.717, 1.165) is 17.0 Å². The lowest BCUT2D eigenvalue weighted by molar-refractivity contribution is -0.137. The number of sulfone groups is 1. The molecule has 1 atom stereocenters. The van der Waals surface area contributed by atoms with Gasteiger partial charge in [0.1, 0.15) is 0 Å². The first kappa shape index (κ1) is 18.9. The minimum absolute atomic E-state index is 0.0194. The predicted molar refractivity (Wildman–Crippen MR) is 92.7 cm³/mol. The van der Waals surface area contributed by atoms with E-state index in [4.69, 9.17) is 0 Å². The molecule has 140 valence electrons. The Labute approximate surface area is 153 Å². The number of hydrogen-bond donors (Lipinski definition) is 0. The summed E-state index contributed by atoms with van der Waals surface area (Å²) >= 11 is 1.41. The lowest BCUT2D eigenvalue weighted by atomic mass is 10.1. The molecule has 0 saturated carbocycles. The van der Waals surface area contributed by atoms with Crippen molar-refractivity contribution in [2.24, 2.45) is 0 Å². The first-order valence-corrected chi connectivity index (χ1v) is 10.6. The van der Waals surface area contributed by atoms with Crippen LogP contribution in [-0.4, -0.2) is 36.8 Å². The van der Waals surface area contributed by atoms with Gasteiger partial charge in [-0.1, -0.05) is 12.1 Å². The minimum Gasteiger partial charge on any atom is -0.329 e. The van der Waals surface area contributed by atoms with Crippen LogP contribution in [-0.2, 0) is 22.6 Å². The summed E-state index contributed by atoms with van der Waals surface area (Å²) in [4.78, 5) is 15.1. The number of benzene rings is 1. The third-order valence-electron chi connectivity index (χ3n) is 4.25. The molecule has 3 rings (SSSR count). The first-order chi connectivity index (χ1) is 12.2. The van der Waals surface area contributed by atoms with Crippen molar-refractivity contribution >= 4 is 27.1 Å². The van der Waals surface area contributed by atoms with Crippen molar-refractivity contribution in [3.8, 4) is 0 Å². The van der Waals surface area contributed by atoms with Gasteiger partial charge in [0.2, 0.25) is 0 Å². The fourth-order valence-corrected chi connectivity index (χ4v) is 5.39. The lowest BCUT2D eigenvalue weighted by Crippen LogP contribution is -2.40. The summed E-state index contributed by atoms with van der Waals surface area (Å²) in [6, 6.07) is 7.30. The number of nitrogens with zero attached hydrogens (tertiary/aromatic N) is 1. The van der Waals surface area contributed by atoms with Crippen molar-refractivity contribution < 1.29 is 26.4 Å². The first-order valence-electron chi connectivity index (χ1n) is 7.87. The van der Waals surface area contributed by atoms with Gasteiger partial charge in [0.05, 0.1) is 23.6 Å². The summed E-state index contributed by atoms with van der Waals surface area (Å²) in [5.41, 5.74) is -1.00. The Morgan fingerprint density at radius 3 is 2.58 bits per heavy atom. The molecular weight excluding hydrogens is 387 g/mol. The molecule has 0 aliphatic carbocycles. The van der Waals surface area contributed by atoms with Gasteiger partial charge in [-0.15, -0.1) is 11.3 Å². The van der Waals surface area contributed by atoms with E-state index < -0.39 is 33.5 Å². The van der Waals surface area contributed by atoms with Gasteiger partial charge in [0.25, 0.3) is 5.91 Å². The largest absolute Gasteiger partial charge is 0.416 e. The summed E-state index contributed by atoms with van der Waals surface area (Å²) in [5, 5.41) is 1.83.